The zero-order chi connectivity index (χ0) is 17.5. The van der Waals surface area contributed by atoms with E-state index < -0.39 is 0 Å². The van der Waals surface area contributed by atoms with Gasteiger partial charge in [0.25, 0.3) is 0 Å². The molecule has 0 amide bonds. The fourth-order valence-corrected chi connectivity index (χ4v) is 3.64. The number of hydrogen-bond donors (Lipinski definition) is 2. The highest BCUT2D eigenvalue weighted by Gasteiger charge is 2.15. The Morgan fingerprint density at radius 2 is 2.12 bits per heavy atom. The van der Waals surface area contributed by atoms with E-state index in [1.165, 1.54) is 44.9 Å². The van der Waals surface area contributed by atoms with Crippen LogP contribution in [-0.2, 0) is 6.54 Å². The van der Waals surface area contributed by atoms with E-state index in [2.05, 4.69) is 32.7 Å². The molecular formula is C19H30N6. The summed E-state index contributed by atoms with van der Waals surface area (Å²) in [6.07, 6.45) is 11.6. The van der Waals surface area contributed by atoms with Crippen LogP contribution >= 0.6 is 0 Å². The molecule has 1 fully saturated rings. The maximum Gasteiger partial charge on any atom is 0.191 e. The molecular weight excluding hydrogens is 312 g/mol. The molecule has 1 aliphatic carbocycles. The number of nitrogens with one attached hydrogen (secondary N) is 2. The second-order valence-electron chi connectivity index (χ2n) is 7.10. The van der Waals surface area contributed by atoms with Gasteiger partial charge in [0.05, 0.1) is 6.54 Å². The van der Waals surface area contributed by atoms with Crippen molar-refractivity contribution in [1.82, 2.24) is 25.2 Å². The lowest BCUT2D eigenvalue weighted by Crippen LogP contribution is -2.42. The minimum atomic E-state index is 0.420. The molecule has 0 bridgehead atoms. The first-order valence-corrected chi connectivity index (χ1v) is 9.52. The van der Waals surface area contributed by atoms with Crippen molar-refractivity contribution in [3.8, 4) is 0 Å². The summed E-state index contributed by atoms with van der Waals surface area (Å²) in [6.45, 7) is 2.84. The second kappa shape index (κ2) is 8.83. The molecule has 6 heteroatoms. The van der Waals surface area contributed by atoms with Crippen LogP contribution in [0.5, 0.6) is 0 Å². The largest absolute Gasteiger partial charge is 0.354 e. The lowest BCUT2D eigenvalue weighted by molar-refractivity contribution is 0.322. The quantitative estimate of drug-likeness (QED) is 0.625. The Balaban J connectivity index is 1.45. The predicted molar refractivity (Wildman–Crippen MR) is 102 cm³/mol. The number of aliphatic imine (C=N–C) groups is 1. The van der Waals surface area contributed by atoms with Crippen molar-refractivity contribution in [2.75, 3.05) is 7.05 Å². The van der Waals surface area contributed by atoms with E-state index in [1.54, 1.807) is 0 Å². The van der Waals surface area contributed by atoms with Gasteiger partial charge in [-0.05, 0) is 37.8 Å². The Kier molecular flexibility index (Phi) is 6.25. The van der Waals surface area contributed by atoms with Crippen LogP contribution < -0.4 is 10.6 Å². The third-order valence-corrected chi connectivity index (χ3v) is 5.14. The molecule has 1 unspecified atom stereocenters. The lowest BCUT2D eigenvalue weighted by atomic mass is 9.85. The van der Waals surface area contributed by atoms with Crippen molar-refractivity contribution < 1.29 is 0 Å². The molecule has 0 aromatic carbocycles. The van der Waals surface area contributed by atoms with Gasteiger partial charge in [0.15, 0.2) is 17.4 Å². The summed E-state index contributed by atoms with van der Waals surface area (Å²) in [5, 5.41) is 15.3. The van der Waals surface area contributed by atoms with Crippen molar-refractivity contribution in [3.05, 3.63) is 30.2 Å². The molecule has 1 saturated carbocycles. The van der Waals surface area contributed by atoms with Crippen molar-refractivity contribution in [2.45, 2.75) is 64.5 Å². The Labute approximate surface area is 150 Å². The van der Waals surface area contributed by atoms with E-state index in [-0.39, 0.29) is 0 Å². The molecule has 0 saturated heterocycles. The normalized spacial score (nSPS) is 17.6. The average molecular weight is 342 g/mol. The SMILES string of the molecule is CN=C(NCc1nnc2ccccn12)NC(C)CCC1CCCCC1. The minimum absolute atomic E-state index is 0.420. The van der Waals surface area contributed by atoms with Gasteiger partial charge in [-0.15, -0.1) is 10.2 Å². The van der Waals surface area contributed by atoms with Gasteiger partial charge >= 0.3 is 0 Å². The van der Waals surface area contributed by atoms with Crippen molar-refractivity contribution >= 4 is 11.6 Å². The Morgan fingerprint density at radius 1 is 1.28 bits per heavy atom. The lowest BCUT2D eigenvalue weighted by Gasteiger charge is -2.24. The zero-order valence-electron chi connectivity index (χ0n) is 15.4. The zero-order valence-corrected chi connectivity index (χ0v) is 15.4. The van der Waals surface area contributed by atoms with Crippen LogP contribution in [0.25, 0.3) is 5.65 Å². The van der Waals surface area contributed by atoms with Crippen molar-refractivity contribution in [2.24, 2.45) is 10.9 Å². The molecule has 0 radical (unpaired) electrons. The maximum absolute atomic E-state index is 4.34. The van der Waals surface area contributed by atoms with Crippen LogP contribution in [0.1, 0.15) is 57.7 Å². The van der Waals surface area contributed by atoms with Gasteiger partial charge < -0.3 is 10.6 Å². The van der Waals surface area contributed by atoms with Gasteiger partial charge in [-0.1, -0.05) is 38.2 Å². The topological polar surface area (TPSA) is 66.6 Å². The molecule has 2 heterocycles. The number of pyridine rings is 1. The van der Waals surface area contributed by atoms with Gasteiger partial charge in [-0.3, -0.25) is 9.39 Å². The fourth-order valence-electron chi connectivity index (χ4n) is 3.64. The first-order valence-electron chi connectivity index (χ1n) is 9.52. The van der Waals surface area contributed by atoms with E-state index in [0.717, 1.165) is 23.3 Å². The molecule has 136 valence electrons. The summed E-state index contributed by atoms with van der Waals surface area (Å²) in [6, 6.07) is 6.33. The monoisotopic (exact) mass is 342 g/mol. The summed E-state index contributed by atoms with van der Waals surface area (Å²) >= 11 is 0. The number of nitrogens with zero attached hydrogens (tertiary/aromatic N) is 4. The molecule has 2 aromatic rings. The Morgan fingerprint density at radius 3 is 2.92 bits per heavy atom. The van der Waals surface area contributed by atoms with E-state index in [0.29, 0.717) is 12.6 Å². The maximum atomic E-state index is 4.34. The van der Waals surface area contributed by atoms with E-state index in [9.17, 15) is 0 Å². The highest BCUT2D eigenvalue weighted by atomic mass is 15.3. The predicted octanol–water partition coefficient (Wildman–Crippen LogP) is 3.14. The van der Waals surface area contributed by atoms with Gasteiger partial charge in [0.2, 0.25) is 0 Å². The second-order valence-corrected chi connectivity index (χ2v) is 7.10. The highest BCUT2D eigenvalue weighted by molar-refractivity contribution is 5.79. The summed E-state index contributed by atoms with van der Waals surface area (Å²) < 4.78 is 1.99. The molecule has 0 spiro atoms. The van der Waals surface area contributed by atoms with Crippen LogP contribution in [0.3, 0.4) is 0 Å². The first kappa shape index (κ1) is 17.7. The number of guanidine groups is 1. The van der Waals surface area contributed by atoms with Gasteiger partial charge in [-0.2, -0.15) is 0 Å². The standard InChI is InChI=1S/C19H30N6/c1-15(11-12-16-8-4-3-5-9-16)22-19(20-2)21-14-18-24-23-17-10-6-7-13-25(17)18/h6-7,10,13,15-16H,3-5,8-9,11-12,14H2,1-2H3,(H2,20,21,22). The molecule has 2 N–H and O–H groups in total. The van der Waals surface area contributed by atoms with Crippen LogP contribution in [0.2, 0.25) is 0 Å². The van der Waals surface area contributed by atoms with Crippen LogP contribution in [0.4, 0.5) is 0 Å². The van der Waals surface area contributed by atoms with Gasteiger partial charge in [-0.25, -0.2) is 0 Å². The summed E-state index contributed by atoms with van der Waals surface area (Å²) in [4.78, 5) is 4.34. The van der Waals surface area contributed by atoms with Crippen molar-refractivity contribution in [1.29, 1.82) is 0 Å². The van der Waals surface area contributed by atoms with Crippen LogP contribution in [-0.4, -0.2) is 33.6 Å². The molecule has 1 atom stereocenters. The third-order valence-electron chi connectivity index (χ3n) is 5.14. The van der Waals surface area contributed by atoms with Crippen LogP contribution in [0.15, 0.2) is 29.4 Å². The van der Waals surface area contributed by atoms with Crippen molar-refractivity contribution in [3.63, 3.8) is 0 Å². The number of fused-ring (bicyclic) bond motifs is 1. The average Bonchev–Trinajstić information content (AvgIpc) is 3.07. The third kappa shape index (κ3) is 4.94. The van der Waals surface area contributed by atoms with E-state index in [4.69, 9.17) is 0 Å². The Hall–Kier alpha value is -2.11. The molecule has 0 aliphatic heterocycles. The van der Waals surface area contributed by atoms with E-state index in [1.807, 2.05) is 35.8 Å². The smallest absolute Gasteiger partial charge is 0.191 e. The molecule has 1 aliphatic rings. The minimum Gasteiger partial charge on any atom is -0.354 e. The van der Waals surface area contributed by atoms with Gasteiger partial charge in [0.1, 0.15) is 0 Å². The number of hydrogen-bond acceptors (Lipinski definition) is 3. The highest BCUT2D eigenvalue weighted by Crippen LogP contribution is 2.27. The first-order chi connectivity index (χ1) is 12.3. The summed E-state index contributed by atoms with van der Waals surface area (Å²) in [7, 11) is 1.81. The molecule has 25 heavy (non-hydrogen) atoms. The van der Waals surface area contributed by atoms with E-state index >= 15 is 0 Å². The Bertz CT molecular complexity index is 686. The number of rotatable bonds is 6. The molecule has 6 nitrogen and oxygen atoms in total. The fraction of sp³-hybridized carbons (Fsp3) is 0.632. The summed E-state index contributed by atoms with van der Waals surface area (Å²) in [5.41, 5.74) is 0.864. The molecule has 2 aromatic heterocycles. The number of aromatic nitrogens is 3. The van der Waals surface area contributed by atoms with Gasteiger partial charge in [0, 0.05) is 19.3 Å². The summed E-state index contributed by atoms with van der Waals surface area (Å²) in [5.74, 6) is 2.63. The van der Waals surface area contributed by atoms with Crippen LogP contribution in [0, 0.1) is 5.92 Å². The molecule has 3 rings (SSSR count).